The van der Waals surface area contributed by atoms with Crippen molar-refractivity contribution in [1.29, 1.82) is 0 Å². The third-order valence-electron chi connectivity index (χ3n) is 1.99. The van der Waals surface area contributed by atoms with E-state index in [1.807, 2.05) is 13.8 Å². The highest BCUT2D eigenvalue weighted by molar-refractivity contribution is 7.81. The third-order valence-corrected chi connectivity index (χ3v) is 3.04. The van der Waals surface area contributed by atoms with Crippen molar-refractivity contribution in [2.45, 2.75) is 25.9 Å². The van der Waals surface area contributed by atoms with Crippen molar-refractivity contribution in [2.24, 2.45) is 0 Å². The van der Waals surface area contributed by atoms with Crippen molar-refractivity contribution >= 4 is 34.4 Å². The van der Waals surface area contributed by atoms with Gasteiger partial charge in [0.15, 0.2) is 0 Å². The van der Waals surface area contributed by atoms with Gasteiger partial charge in [0.25, 0.3) is 0 Å². The molecule has 4 nitrogen and oxygen atoms in total. The van der Waals surface area contributed by atoms with Crippen molar-refractivity contribution in [2.75, 3.05) is 0 Å². The molecule has 12 heavy (non-hydrogen) atoms. The van der Waals surface area contributed by atoms with Gasteiger partial charge in [0.05, 0.1) is 12.1 Å². The van der Waals surface area contributed by atoms with Crippen LogP contribution in [-0.2, 0) is 0 Å². The summed E-state index contributed by atoms with van der Waals surface area (Å²) in [6.45, 7) is 4.02. The lowest BCUT2D eigenvalue weighted by molar-refractivity contribution is 0.101. The Hall–Kier alpha value is -0.300. The number of hydrogen-bond acceptors (Lipinski definition) is 4. The van der Waals surface area contributed by atoms with E-state index in [4.69, 9.17) is 24.4 Å². The number of rotatable bonds is 0. The van der Waals surface area contributed by atoms with Crippen LogP contribution in [0.15, 0.2) is 0 Å². The zero-order chi connectivity index (χ0) is 8.88. The van der Waals surface area contributed by atoms with E-state index >= 15 is 0 Å². The summed E-state index contributed by atoms with van der Waals surface area (Å²) in [7, 11) is 0. The summed E-state index contributed by atoms with van der Waals surface area (Å²) in [6.07, 6.45) is 0. The van der Waals surface area contributed by atoms with Gasteiger partial charge in [-0.25, -0.2) is 10.9 Å². The van der Waals surface area contributed by atoms with E-state index in [9.17, 15) is 0 Å². The van der Waals surface area contributed by atoms with E-state index in [0.29, 0.717) is 0 Å². The van der Waals surface area contributed by atoms with Crippen LogP contribution < -0.4 is 10.9 Å². The first-order chi connectivity index (χ1) is 5.61. The Morgan fingerprint density at radius 2 is 1.33 bits per heavy atom. The summed E-state index contributed by atoms with van der Waals surface area (Å²) >= 11 is 10.4. The molecule has 0 radical (unpaired) electrons. The summed E-state index contributed by atoms with van der Waals surface area (Å²) in [4.78, 5) is 1.67. The molecule has 2 unspecified atom stereocenters. The van der Waals surface area contributed by atoms with Crippen molar-refractivity contribution < 1.29 is 0 Å². The fraction of sp³-hybridized carbons (Fsp3) is 0.667. The first-order valence-corrected chi connectivity index (χ1v) is 4.63. The predicted molar refractivity (Wildman–Crippen MR) is 54.1 cm³/mol. The lowest BCUT2D eigenvalue weighted by Gasteiger charge is -2.18. The number of nitrogens with one attached hydrogen (secondary N) is 2. The minimum Gasteiger partial charge on any atom is -0.203 e. The molecule has 0 spiro atoms. The van der Waals surface area contributed by atoms with Crippen molar-refractivity contribution in [3.63, 3.8) is 0 Å². The van der Waals surface area contributed by atoms with E-state index in [1.54, 1.807) is 10.2 Å². The van der Waals surface area contributed by atoms with E-state index < -0.39 is 0 Å². The smallest absolute Gasteiger partial charge is 0.136 e. The first kappa shape index (κ1) is 8.31. The minimum atomic E-state index is 0.179. The van der Waals surface area contributed by atoms with Gasteiger partial charge in [0.2, 0.25) is 0 Å². The van der Waals surface area contributed by atoms with Crippen LogP contribution in [0.2, 0.25) is 0 Å². The van der Waals surface area contributed by atoms with Crippen LogP contribution in [0.1, 0.15) is 13.8 Å². The largest absolute Gasteiger partial charge is 0.203 e. The standard InChI is InChI=1S/C6H10N4S2/c1-3-5(11)9-8-4(2)6(12)10(9)7-3/h3-4,7-8H,1-2H3. The van der Waals surface area contributed by atoms with Gasteiger partial charge in [-0.1, -0.05) is 24.4 Å². The molecule has 2 heterocycles. The SMILES string of the molecule is CC1NN2C(=S)C(C)NN2C1=S. The molecule has 0 aromatic heterocycles. The molecule has 66 valence electrons. The molecule has 2 fully saturated rings. The van der Waals surface area contributed by atoms with Crippen LogP contribution in [0.4, 0.5) is 0 Å². The van der Waals surface area contributed by atoms with Crippen LogP contribution in [0.5, 0.6) is 0 Å². The van der Waals surface area contributed by atoms with Crippen LogP contribution in [-0.4, -0.2) is 32.3 Å². The Labute approximate surface area is 81.8 Å². The molecule has 2 N–H and O–H groups in total. The monoisotopic (exact) mass is 202 g/mol. The fourth-order valence-corrected chi connectivity index (χ4v) is 1.66. The fourth-order valence-electron chi connectivity index (χ4n) is 1.28. The Balaban J connectivity index is 2.25. The minimum absolute atomic E-state index is 0.179. The number of nitrogens with zero attached hydrogens (tertiary/aromatic N) is 2. The summed E-state index contributed by atoms with van der Waals surface area (Å²) < 4.78 is 0. The highest BCUT2D eigenvalue weighted by atomic mass is 32.1. The zero-order valence-corrected chi connectivity index (χ0v) is 8.50. The van der Waals surface area contributed by atoms with E-state index in [1.165, 1.54) is 0 Å². The number of hydrazine groups is 3. The Morgan fingerprint density at radius 1 is 1.00 bits per heavy atom. The molecule has 0 saturated carbocycles. The molecule has 2 aliphatic heterocycles. The summed E-state index contributed by atoms with van der Waals surface area (Å²) in [6, 6.07) is 0.357. The van der Waals surface area contributed by atoms with E-state index in [0.717, 1.165) is 9.98 Å². The van der Waals surface area contributed by atoms with Crippen LogP contribution >= 0.6 is 24.4 Å². The molecular weight excluding hydrogens is 192 g/mol. The molecule has 2 saturated heterocycles. The highest BCUT2D eigenvalue weighted by Gasteiger charge is 2.41. The van der Waals surface area contributed by atoms with Crippen LogP contribution in [0, 0.1) is 0 Å². The number of hydrogen-bond donors (Lipinski definition) is 2. The second kappa shape index (κ2) is 2.59. The van der Waals surface area contributed by atoms with E-state index in [-0.39, 0.29) is 12.1 Å². The van der Waals surface area contributed by atoms with E-state index in [2.05, 4.69) is 10.9 Å². The normalized spacial score (nSPS) is 34.8. The number of thiocarbonyl (C=S) groups is 2. The van der Waals surface area contributed by atoms with Gasteiger partial charge in [-0.3, -0.25) is 0 Å². The first-order valence-electron chi connectivity index (χ1n) is 3.81. The molecule has 0 bridgehead atoms. The third kappa shape index (κ3) is 0.957. The summed E-state index contributed by atoms with van der Waals surface area (Å²) in [5, 5.41) is 3.60. The lowest BCUT2D eigenvalue weighted by Crippen LogP contribution is -2.42. The maximum Gasteiger partial charge on any atom is 0.136 e. The van der Waals surface area contributed by atoms with Gasteiger partial charge in [-0.2, -0.15) is 10.2 Å². The number of fused-ring (bicyclic) bond motifs is 1. The topological polar surface area (TPSA) is 30.5 Å². The maximum atomic E-state index is 5.18. The molecule has 6 heteroatoms. The molecule has 2 rings (SSSR count). The maximum absolute atomic E-state index is 5.18. The molecule has 0 aromatic rings. The molecule has 0 aromatic carbocycles. The second-order valence-electron chi connectivity index (χ2n) is 3.00. The molecule has 0 amide bonds. The van der Waals surface area contributed by atoms with Crippen LogP contribution in [0.3, 0.4) is 0 Å². The summed E-state index contributed by atoms with van der Waals surface area (Å²) in [5.74, 6) is 0. The van der Waals surface area contributed by atoms with Crippen molar-refractivity contribution in [3.8, 4) is 0 Å². The zero-order valence-electron chi connectivity index (χ0n) is 6.87. The van der Waals surface area contributed by atoms with Gasteiger partial charge >= 0.3 is 0 Å². The van der Waals surface area contributed by atoms with Crippen molar-refractivity contribution in [1.82, 2.24) is 21.1 Å². The molecule has 2 aliphatic rings. The average molecular weight is 202 g/mol. The predicted octanol–water partition coefficient (Wildman–Crippen LogP) is -0.0264. The van der Waals surface area contributed by atoms with Gasteiger partial charge < -0.3 is 0 Å². The summed E-state index contributed by atoms with van der Waals surface area (Å²) in [5.41, 5.74) is 6.32. The van der Waals surface area contributed by atoms with Gasteiger partial charge in [0.1, 0.15) is 9.98 Å². The quantitative estimate of drug-likeness (QED) is 0.537. The average Bonchev–Trinajstić information content (AvgIpc) is 2.43. The van der Waals surface area contributed by atoms with Crippen molar-refractivity contribution in [3.05, 3.63) is 0 Å². The lowest BCUT2D eigenvalue weighted by atomic mass is 10.3. The Kier molecular flexibility index (Phi) is 1.80. The van der Waals surface area contributed by atoms with Gasteiger partial charge in [0, 0.05) is 0 Å². The molecule has 0 aliphatic carbocycles. The van der Waals surface area contributed by atoms with Gasteiger partial charge in [-0.15, -0.1) is 0 Å². The van der Waals surface area contributed by atoms with Crippen LogP contribution in [0.25, 0.3) is 0 Å². The second-order valence-corrected chi connectivity index (χ2v) is 3.84. The highest BCUT2D eigenvalue weighted by Crippen LogP contribution is 2.16. The Morgan fingerprint density at radius 3 is 1.67 bits per heavy atom. The Bertz CT molecular complexity index is 228. The molecular formula is C6H10N4S2. The van der Waals surface area contributed by atoms with Gasteiger partial charge in [-0.05, 0) is 13.8 Å². The molecule has 2 atom stereocenters.